The Morgan fingerprint density at radius 1 is 1.19 bits per heavy atom. The molecule has 0 atom stereocenters. The van der Waals surface area contributed by atoms with E-state index in [0.717, 1.165) is 30.4 Å². The highest BCUT2D eigenvalue weighted by atomic mass is 127. The van der Waals surface area contributed by atoms with Gasteiger partial charge in [0.1, 0.15) is 17.4 Å². The topological polar surface area (TPSA) is 47.0 Å². The van der Waals surface area contributed by atoms with Crippen molar-refractivity contribution in [3.63, 3.8) is 0 Å². The van der Waals surface area contributed by atoms with Crippen LogP contribution in [0.1, 0.15) is 38.9 Å². The van der Waals surface area contributed by atoms with Crippen LogP contribution in [0.25, 0.3) is 0 Å². The number of rotatable bonds is 6. The lowest BCUT2D eigenvalue weighted by Gasteiger charge is -2.12. The van der Waals surface area contributed by atoms with Crippen molar-refractivity contribution in [1.29, 1.82) is 0 Å². The van der Waals surface area contributed by atoms with E-state index in [9.17, 15) is 0 Å². The first kappa shape index (κ1) is 16.0. The Hall–Kier alpha value is -1.37. The fraction of sp³-hybridized carbons (Fsp3) is 0.375. The summed E-state index contributed by atoms with van der Waals surface area (Å²) in [7, 11) is 0. The number of benzene rings is 1. The lowest BCUT2D eigenvalue weighted by atomic mass is 10.2. The monoisotopic (exact) mass is 397 g/mol. The maximum Gasteiger partial charge on any atom is 0.224 e. The van der Waals surface area contributed by atoms with Crippen molar-refractivity contribution in [1.82, 2.24) is 9.97 Å². The second-order valence-electron chi connectivity index (χ2n) is 5.09. The zero-order valence-electron chi connectivity index (χ0n) is 12.6. The summed E-state index contributed by atoms with van der Waals surface area (Å²) in [5.74, 6) is 3.22. The fourth-order valence-corrected chi connectivity index (χ4v) is 2.08. The lowest BCUT2D eigenvalue weighted by molar-refractivity contribution is 0.457. The largest absolute Gasteiger partial charge is 0.439 e. The van der Waals surface area contributed by atoms with E-state index in [2.05, 4.69) is 58.6 Å². The van der Waals surface area contributed by atoms with Crippen LogP contribution in [0.4, 0.5) is 5.82 Å². The van der Waals surface area contributed by atoms with Gasteiger partial charge in [-0.25, -0.2) is 4.98 Å². The average molecular weight is 397 g/mol. The molecule has 1 heterocycles. The molecule has 2 aromatic rings. The molecule has 0 unspecified atom stereocenters. The molecule has 0 aliphatic carbocycles. The van der Waals surface area contributed by atoms with E-state index in [1.54, 1.807) is 0 Å². The van der Waals surface area contributed by atoms with Gasteiger partial charge in [0, 0.05) is 22.1 Å². The number of hydrogen-bond donors (Lipinski definition) is 1. The van der Waals surface area contributed by atoms with Crippen LogP contribution in [0.2, 0.25) is 0 Å². The molecule has 4 nitrogen and oxygen atoms in total. The van der Waals surface area contributed by atoms with Crippen LogP contribution >= 0.6 is 22.6 Å². The molecule has 5 heteroatoms. The van der Waals surface area contributed by atoms with E-state index in [4.69, 9.17) is 4.74 Å². The maximum absolute atomic E-state index is 5.85. The van der Waals surface area contributed by atoms with Crippen LogP contribution in [0.15, 0.2) is 30.3 Å². The third kappa shape index (κ3) is 4.84. The first-order valence-electron chi connectivity index (χ1n) is 7.14. The normalized spacial score (nSPS) is 10.7. The van der Waals surface area contributed by atoms with Crippen molar-refractivity contribution in [3.8, 4) is 11.6 Å². The molecule has 2 rings (SSSR count). The molecule has 0 fully saturated rings. The van der Waals surface area contributed by atoms with Crippen LogP contribution in [0.3, 0.4) is 0 Å². The SMILES string of the molecule is CCCNc1cc(Oc2ccc(I)cc2)nc(C(C)C)n1. The van der Waals surface area contributed by atoms with Gasteiger partial charge in [0.05, 0.1) is 0 Å². The predicted molar refractivity (Wildman–Crippen MR) is 94.1 cm³/mol. The minimum Gasteiger partial charge on any atom is -0.439 e. The van der Waals surface area contributed by atoms with Crippen LogP contribution in [-0.2, 0) is 0 Å². The number of nitrogens with one attached hydrogen (secondary N) is 1. The van der Waals surface area contributed by atoms with Gasteiger partial charge in [0.15, 0.2) is 0 Å². The van der Waals surface area contributed by atoms with Crippen LogP contribution < -0.4 is 10.1 Å². The van der Waals surface area contributed by atoms with Crippen molar-refractivity contribution in [2.75, 3.05) is 11.9 Å². The highest BCUT2D eigenvalue weighted by molar-refractivity contribution is 14.1. The molecule has 0 aliphatic heterocycles. The number of nitrogens with zero attached hydrogens (tertiary/aromatic N) is 2. The van der Waals surface area contributed by atoms with Crippen LogP contribution in [-0.4, -0.2) is 16.5 Å². The maximum atomic E-state index is 5.85. The van der Waals surface area contributed by atoms with E-state index < -0.39 is 0 Å². The Morgan fingerprint density at radius 3 is 2.52 bits per heavy atom. The Bertz CT molecular complexity index is 585. The smallest absolute Gasteiger partial charge is 0.224 e. The Kier molecular flexibility index (Phi) is 5.78. The van der Waals surface area contributed by atoms with E-state index in [-0.39, 0.29) is 5.92 Å². The molecule has 0 aliphatic rings. The van der Waals surface area contributed by atoms with Crippen molar-refractivity contribution < 1.29 is 4.74 Å². The highest BCUT2D eigenvalue weighted by Crippen LogP contribution is 2.24. The molecule has 0 amide bonds. The number of anilines is 1. The zero-order chi connectivity index (χ0) is 15.2. The fourth-order valence-electron chi connectivity index (χ4n) is 1.72. The van der Waals surface area contributed by atoms with Gasteiger partial charge in [-0.05, 0) is 53.3 Å². The molecule has 0 saturated heterocycles. The quantitative estimate of drug-likeness (QED) is 0.711. The van der Waals surface area contributed by atoms with Gasteiger partial charge in [-0.15, -0.1) is 0 Å². The minimum absolute atomic E-state index is 0.257. The van der Waals surface area contributed by atoms with Crippen molar-refractivity contribution in [2.45, 2.75) is 33.1 Å². The van der Waals surface area contributed by atoms with Gasteiger partial charge in [-0.1, -0.05) is 20.8 Å². The summed E-state index contributed by atoms with van der Waals surface area (Å²) in [6.45, 7) is 7.17. The van der Waals surface area contributed by atoms with Gasteiger partial charge in [-0.3, -0.25) is 0 Å². The van der Waals surface area contributed by atoms with Crippen LogP contribution in [0, 0.1) is 3.57 Å². The van der Waals surface area contributed by atoms with Gasteiger partial charge in [0.25, 0.3) is 0 Å². The lowest BCUT2D eigenvalue weighted by Crippen LogP contribution is -2.07. The standard InChI is InChI=1S/C16H20IN3O/c1-4-9-18-14-10-15(20-16(19-14)11(2)3)21-13-7-5-12(17)6-8-13/h5-8,10-11H,4,9H2,1-3H3,(H,18,19,20). The molecule has 0 bridgehead atoms. The van der Waals surface area contributed by atoms with E-state index in [0.29, 0.717) is 5.88 Å². The number of hydrogen-bond acceptors (Lipinski definition) is 4. The summed E-state index contributed by atoms with van der Waals surface area (Å²) in [5, 5.41) is 3.29. The zero-order valence-corrected chi connectivity index (χ0v) is 14.7. The minimum atomic E-state index is 0.257. The highest BCUT2D eigenvalue weighted by Gasteiger charge is 2.09. The molecule has 112 valence electrons. The summed E-state index contributed by atoms with van der Waals surface area (Å²) in [6.07, 6.45) is 1.05. The average Bonchev–Trinajstić information content (AvgIpc) is 2.47. The first-order valence-corrected chi connectivity index (χ1v) is 8.22. The third-order valence-corrected chi connectivity index (χ3v) is 3.55. The second kappa shape index (κ2) is 7.59. The summed E-state index contributed by atoms with van der Waals surface area (Å²) >= 11 is 2.27. The van der Waals surface area contributed by atoms with E-state index >= 15 is 0 Å². The van der Waals surface area contributed by atoms with E-state index in [1.165, 1.54) is 3.57 Å². The van der Waals surface area contributed by atoms with Gasteiger partial charge in [0.2, 0.25) is 5.88 Å². The van der Waals surface area contributed by atoms with E-state index in [1.807, 2.05) is 30.3 Å². The van der Waals surface area contributed by atoms with Gasteiger partial charge >= 0.3 is 0 Å². The summed E-state index contributed by atoms with van der Waals surface area (Å²) in [5.41, 5.74) is 0. The molecule has 1 aromatic heterocycles. The second-order valence-corrected chi connectivity index (χ2v) is 6.33. The Labute approximate surface area is 139 Å². The van der Waals surface area contributed by atoms with Gasteiger partial charge in [-0.2, -0.15) is 4.98 Å². The Morgan fingerprint density at radius 2 is 1.90 bits per heavy atom. The molecule has 0 saturated carbocycles. The summed E-state index contributed by atoms with van der Waals surface area (Å²) < 4.78 is 7.03. The third-order valence-electron chi connectivity index (χ3n) is 2.83. The number of halogens is 1. The number of aromatic nitrogens is 2. The predicted octanol–water partition coefficient (Wildman–Crippen LogP) is 4.82. The molecular formula is C16H20IN3O. The molecule has 1 aromatic carbocycles. The van der Waals surface area contributed by atoms with Crippen molar-refractivity contribution >= 4 is 28.4 Å². The van der Waals surface area contributed by atoms with Crippen molar-refractivity contribution in [2.24, 2.45) is 0 Å². The molecule has 0 radical (unpaired) electrons. The molecule has 21 heavy (non-hydrogen) atoms. The van der Waals surface area contributed by atoms with Gasteiger partial charge < -0.3 is 10.1 Å². The molecule has 1 N–H and O–H groups in total. The number of ether oxygens (including phenoxy) is 1. The van der Waals surface area contributed by atoms with Crippen molar-refractivity contribution in [3.05, 3.63) is 39.7 Å². The first-order chi connectivity index (χ1) is 10.1. The summed E-state index contributed by atoms with van der Waals surface area (Å²) in [4.78, 5) is 9.01. The summed E-state index contributed by atoms with van der Waals surface area (Å²) in [6, 6.07) is 9.75. The molecule has 0 spiro atoms. The molecular weight excluding hydrogens is 377 g/mol. The van der Waals surface area contributed by atoms with Crippen LogP contribution in [0.5, 0.6) is 11.6 Å². The Balaban J connectivity index is 2.24.